The minimum atomic E-state index is -0.214. The van der Waals surface area contributed by atoms with Crippen LogP contribution in [0.1, 0.15) is 0 Å². The first-order valence-corrected chi connectivity index (χ1v) is 4.05. The Morgan fingerprint density at radius 1 is 1.25 bits per heavy atom. The van der Waals surface area contributed by atoms with E-state index in [1.165, 1.54) is 0 Å². The molecule has 0 aromatic rings. The Labute approximate surface area is 64.8 Å². The second-order valence-electron chi connectivity index (χ2n) is 1.46. The molecule has 0 aliphatic carbocycles. The van der Waals surface area contributed by atoms with Crippen LogP contribution < -0.4 is 0 Å². The quantitative estimate of drug-likeness (QED) is 0.521. The first kappa shape index (κ1) is 6.44. The van der Waals surface area contributed by atoms with Crippen LogP contribution in [0.5, 0.6) is 0 Å². The molecule has 3 heteroatoms. The summed E-state index contributed by atoms with van der Waals surface area (Å²) in [6, 6.07) is 0. The monoisotopic (exact) mass is 242 g/mol. The molecule has 1 aliphatic heterocycles. The first-order valence-electron chi connectivity index (χ1n) is 2.18. The third kappa shape index (κ3) is 1.68. The Hall–Kier alpha value is 0.319. The molecule has 0 atom stereocenters. The van der Waals surface area contributed by atoms with Gasteiger partial charge in [0.2, 0.25) is 0 Å². The van der Waals surface area contributed by atoms with E-state index in [9.17, 15) is 0 Å². The van der Waals surface area contributed by atoms with Crippen molar-refractivity contribution in [2.45, 2.75) is 3.40 Å². The molecule has 0 unspecified atom stereocenters. The van der Waals surface area contributed by atoms with Crippen LogP contribution in [0.4, 0.5) is 0 Å². The number of rotatable bonds is 0. The van der Waals surface area contributed by atoms with Crippen molar-refractivity contribution in [2.75, 3.05) is 0 Å². The molecule has 1 rings (SSSR count). The Kier molecular flexibility index (Phi) is 1.84. The van der Waals surface area contributed by atoms with Crippen LogP contribution in [0, 0.1) is 0 Å². The minimum absolute atomic E-state index is 0.214. The second kappa shape index (κ2) is 2.28. The Morgan fingerprint density at radius 2 is 2.00 bits per heavy atom. The van der Waals surface area contributed by atoms with Gasteiger partial charge < -0.3 is 0 Å². The maximum absolute atomic E-state index is 5.14. The number of allylic oxidation sites excluding steroid dienone is 2. The fraction of sp³-hybridized carbons (Fsp3) is 0.200. The van der Waals surface area contributed by atoms with Crippen LogP contribution in [0.15, 0.2) is 24.5 Å². The van der Waals surface area contributed by atoms with Gasteiger partial charge in [0, 0.05) is 0 Å². The van der Waals surface area contributed by atoms with E-state index in [2.05, 4.69) is 32.0 Å². The van der Waals surface area contributed by atoms with Gasteiger partial charge >= 0.3 is 64.7 Å². The van der Waals surface area contributed by atoms with Gasteiger partial charge in [0.1, 0.15) is 0 Å². The average molecular weight is 240 g/mol. The predicted molar refractivity (Wildman–Crippen MR) is 36.4 cm³/mol. The molecule has 0 bridgehead atoms. The maximum atomic E-state index is 5.14. The summed E-state index contributed by atoms with van der Waals surface area (Å²) in [5.74, 6) is 0. The van der Waals surface area contributed by atoms with Crippen molar-refractivity contribution in [3.05, 3.63) is 24.5 Å². The SMILES string of the molecule is [SeH]C1([SeH])C=CC=CO1. The predicted octanol–water partition coefficient (Wildman–Crippen LogP) is -0.458. The molecule has 0 amide bonds. The van der Waals surface area contributed by atoms with Gasteiger partial charge in [-0.25, -0.2) is 0 Å². The van der Waals surface area contributed by atoms with Crippen LogP contribution in [-0.4, -0.2) is 35.4 Å². The molecule has 0 aromatic heterocycles. The normalized spacial score (nSPS) is 22.8. The van der Waals surface area contributed by atoms with Crippen LogP contribution in [0.25, 0.3) is 0 Å². The van der Waals surface area contributed by atoms with E-state index in [-0.39, 0.29) is 3.40 Å². The van der Waals surface area contributed by atoms with E-state index in [4.69, 9.17) is 4.74 Å². The average Bonchev–Trinajstić information content (AvgIpc) is 1.65. The van der Waals surface area contributed by atoms with Gasteiger partial charge in [0.15, 0.2) is 0 Å². The zero-order chi connectivity index (χ0) is 6.04. The van der Waals surface area contributed by atoms with Gasteiger partial charge in [-0.2, -0.15) is 0 Å². The summed E-state index contributed by atoms with van der Waals surface area (Å²) < 4.78 is 4.93. The van der Waals surface area contributed by atoms with E-state index in [0.29, 0.717) is 0 Å². The van der Waals surface area contributed by atoms with Crippen LogP contribution in [0.2, 0.25) is 0 Å². The zero-order valence-corrected chi connectivity index (χ0v) is 7.87. The molecule has 1 nitrogen and oxygen atoms in total. The van der Waals surface area contributed by atoms with Crippen molar-refractivity contribution in [2.24, 2.45) is 0 Å². The number of ether oxygens (including phenoxy) is 1. The molecule has 0 fully saturated rings. The summed E-state index contributed by atoms with van der Waals surface area (Å²) >= 11 is 4.86. The summed E-state index contributed by atoms with van der Waals surface area (Å²) in [6.07, 6.45) is 7.46. The van der Waals surface area contributed by atoms with Gasteiger partial charge in [-0.15, -0.1) is 0 Å². The number of hydrogen-bond donors (Lipinski definition) is 0. The molecule has 1 heterocycles. The standard InChI is InChI=1S/C5H6OSe2/c7-5(8)3-1-2-4-6-5/h1-4,7-8H. The van der Waals surface area contributed by atoms with E-state index in [1.807, 2.05) is 18.2 Å². The zero-order valence-electron chi connectivity index (χ0n) is 4.11. The molecule has 0 saturated heterocycles. The van der Waals surface area contributed by atoms with Crippen molar-refractivity contribution in [1.29, 1.82) is 0 Å². The molecule has 0 N–H and O–H groups in total. The van der Waals surface area contributed by atoms with Gasteiger partial charge in [-0.05, 0) is 0 Å². The molecule has 0 spiro atoms. The fourth-order valence-corrected chi connectivity index (χ4v) is 1.02. The molecular formula is C5H6OSe2. The molecular weight excluding hydrogens is 234 g/mol. The van der Waals surface area contributed by atoms with Crippen LogP contribution >= 0.6 is 0 Å². The Morgan fingerprint density at radius 3 is 2.25 bits per heavy atom. The molecule has 0 saturated carbocycles. The molecule has 0 aromatic carbocycles. The van der Waals surface area contributed by atoms with Crippen LogP contribution in [-0.2, 0) is 4.74 Å². The third-order valence-electron chi connectivity index (χ3n) is 0.745. The topological polar surface area (TPSA) is 9.23 Å². The van der Waals surface area contributed by atoms with E-state index in [1.54, 1.807) is 6.26 Å². The van der Waals surface area contributed by atoms with E-state index < -0.39 is 0 Å². The van der Waals surface area contributed by atoms with Crippen LogP contribution in [0.3, 0.4) is 0 Å². The summed E-state index contributed by atoms with van der Waals surface area (Å²) in [4.78, 5) is 0. The van der Waals surface area contributed by atoms with Gasteiger partial charge in [-0.3, -0.25) is 0 Å². The molecule has 0 radical (unpaired) electrons. The van der Waals surface area contributed by atoms with Gasteiger partial charge in [0.25, 0.3) is 0 Å². The summed E-state index contributed by atoms with van der Waals surface area (Å²) in [6.45, 7) is 0. The molecule has 8 heavy (non-hydrogen) atoms. The molecule has 1 aliphatic rings. The summed E-state index contributed by atoms with van der Waals surface area (Å²) in [7, 11) is 0. The van der Waals surface area contributed by atoms with E-state index in [0.717, 1.165) is 0 Å². The fourth-order valence-electron chi connectivity index (χ4n) is 0.405. The Balaban J connectivity index is 2.65. The van der Waals surface area contributed by atoms with Crippen molar-refractivity contribution >= 4 is 32.0 Å². The van der Waals surface area contributed by atoms with Crippen molar-refractivity contribution < 1.29 is 4.74 Å². The summed E-state index contributed by atoms with van der Waals surface area (Å²) in [5, 5.41) is 0. The first-order chi connectivity index (χ1) is 3.71. The second-order valence-corrected chi connectivity index (χ2v) is 5.91. The van der Waals surface area contributed by atoms with Crippen molar-refractivity contribution in [1.82, 2.24) is 0 Å². The summed E-state index contributed by atoms with van der Waals surface area (Å²) in [5.41, 5.74) is 0. The van der Waals surface area contributed by atoms with Crippen molar-refractivity contribution in [3.63, 3.8) is 0 Å². The number of hydrogen-bond acceptors (Lipinski definition) is 1. The van der Waals surface area contributed by atoms with Gasteiger partial charge in [-0.1, -0.05) is 0 Å². The third-order valence-corrected chi connectivity index (χ3v) is 1.81. The van der Waals surface area contributed by atoms with Gasteiger partial charge in [0.05, 0.1) is 0 Å². The van der Waals surface area contributed by atoms with E-state index >= 15 is 0 Å². The van der Waals surface area contributed by atoms with Crippen molar-refractivity contribution in [3.8, 4) is 0 Å². The Bertz CT molecular complexity index is 137. The molecule has 44 valence electrons.